The van der Waals surface area contributed by atoms with Crippen LogP contribution >= 0.6 is 0 Å². The molecule has 0 unspecified atom stereocenters. The number of fused-ring (bicyclic) bond motifs is 1. The van der Waals surface area contributed by atoms with E-state index in [1.807, 2.05) is 6.92 Å². The molecule has 1 fully saturated rings. The Kier molecular flexibility index (Phi) is 8.63. The molecule has 2 aromatic heterocycles. The van der Waals surface area contributed by atoms with Gasteiger partial charge in [-0.2, -0.15) is 0 Å². The van der Waals surface area contributed by atoms with Crippen LogP contribution in [0, 0.1) is 5.82 Å². The van der Waals surface area contributed by atoms with E-state index in [4.69, 9.17) is 9.25 Å². The van der Waals surface area contributed by atoms with Crippen LogP contribution in [-0.2, 0) is 21.5 Å². The van der Waals surface area contributed by atoms with Crippen LogP contribution in [0.15, 0.2) is 44.8 Å². The Morgan fingerprint density at radius 2 is 2.00 bits per heavy atom. The first kappa shape index (κ1) is 28.7. The zero-order valence-electron chi connectivity index (χ0n) is 23.5. The van der Waals surface area contributed by atoms with Gasteiger partial charge in [-0.3, -0.25) is 14.4 Å². The molecule has 5 rings (SSSR count). The molecular formula is C30H36FN5O5. The highest BCUT2D eigenvalue weighted by atomic mass is 19.1. The largest absolute Gasteiger partial charge is 0.438 e. The van der Waals surface area contributed by atoms with Gasteiger partial charge < -0.3 is 24.5 Å². The van der Waals surface area contributed by atoms with Gasteiger partial charge in [-0.05, 0) is 49.5 Å². The Labute approximate surface area is 237 Å². The molecule has 41 heavy (non-hydrogen) atoms. The second kappa shape index (κ2) is 12.3. The molecule has 11 heteroatoms. The third-order valence-electron chi connectivity index (χ3n) is 8.06. The van der Waals surface area contributed by atoms with Crippen molar-refractivity contribution in [1.82, 2.24) is 20.2 Å². The zero-order chi connectivity index (χ0) is 29.0. The van der Waals surface area contributed by atoms with Crippen molar-refractivity contribution in [3.8, 4) is 11.3 Å². The van der Waals surface area contributed by atoms with Crippen molar-refractivity contribution < 1.29 is 23.2 Å². The number of nitrogens with one attached hydrogen (secondary N) is 2. The summed E-state index contributed by atoms with van der Waals surface area (Å²) in [6, 6.07) is 5.42. The monoisotopic (exact) mass is 565 g/mol. The first-order valence-corrected chi connectivity index (χ1v) is 14.3. The SMILES string of the molecule is CCC(=O)CCCCC[C@H](NC(=O)C1=NOC2(CCNCC2)C1)c1ncc(-c2cc3ccc(=O)n(C)c3cc2F)o1. The number of oxime groups is 1. The van der Waals surface area contributed by atoms with E-state index in [0.29, 0.717) is 42.3 Å². The fraction of sp³-hybridized carbons (Fsp3) is 0.500. The number of benzene rings is 1. The molecule has 0 bridgehead atoms. The number of aromatic nitrogens is 2. The molecule has 0 aliphatic carbocycles. The lowest BCUT2D eigenvalue weighted by Gasteiger charge is -2.30. The Bertz CT molecular complexity index is 1520. The fourth-order valence-corrected chi connectivity index (χ4v) is 5.47. The number of nitrogens with zero attached hydrogens (tertiary/aromatic N) is 3. The Balaban J connectivity index is 1.34. The summed E-state index contributed by atoms with van der Waals surface area (Å²) in [5.74, 6) is -0.183. The van der Waals surface area contributed by atoms with E-state index in [9.17, 15) is 14.4 Å². The Hall–Kier alpha value is -3.86. The van der Waals surface area contributed by atoms with Crippen LogP contribution < -0.4 is 16.2 Å². The first-order chi connectivity index (χ1) is 19.8. The first-order valence-electron chi connectivity index (χ1n) is 14.3. The summed E-state index contributed by atoms with van der Waals surface area (Å²) < 4.78 is 22.6. The third kappa shape index (κ3) is 6.40. The van der Waals surface area contributed by atoms with Gasteiger partial charge in [-0.25, -0.2) is 9.37 Å². The number of hydrogen-bond donors (Lipinski definition) is 2. The van der Waals surface area contributed by atoms with Crippen LogP contribution in [0.4, 0.5) is 4.39 Å². The summed E-state index contributed by atoms with van der Waals surface area (Å²) in [5, 5.41) is 11.1. The molecular weight excluding hydrogens is 529 g/mol. The maximum Gasteiger partial charge on any atom is 0.269 e. The lowest BCUT2D eigenvalue weighted by Crippen LogP contribution is -2.43. The van der Waals surface area contributed by atoms with Crippen LogP contribution in [-0.4, -0.2) is 45.6 Å². The van der Waals surface area contributed by atoms with Crippen molar-refractivity contribution in [2.24, 2.45) is 12.2 Å². The smallest absolute Gasteiger partial charge is 0.269 e. The molecule has 10 nitrogen and oxygen atoms in total. The number of Topliss-reactive ketones (excluding diaryl/α,β-unsaturated/α-hetero) is 1. The number of amides is 1. The van der Waals surface area contributed by atoms with E-state index >= 15 is 4.39 Å². The number of carbonyl (C=O) groups is 2. The van der Waals surface area contributed by atoms with Crippen molar-refractivity contribution >= 4 is 28.3 Å². The number of halogens is 1. The molecule has 1 amide bonds. The minimum Gasteiger partial charge on any atom is -0.438 e. The topological polar surface area (TPSA) is 128 Å². The molecule has 0 radical (unpaired) electrons. The normalized spacial score (nSPS) is 16.9. The lowest BCUT2D eigenvalue weighted by molar-refractivity contribution is -0.119. The predicted molar refractivity (Wildman–Crippen MR) is 152 cm³/mol. The van der Waals surface area contributed by atoms with Crippen molar-refractivity contribution in [2.75, 3.05) is 13.1 Å². The van der Waals surface area contributed by atoms with E-state index in [1.54, 1.807) is 19.2 Å². The molecule has 1 spiro atoms. The molecule has 0 saturated carbocycles. The summed E-state index contributed by atoms with van der Waals surface area (Å²) in [4.78, 5) is 47.1. The van der Waals surface area contributed by atoms with Crippen LogP contribution in [0.5, 0.6) is 0 Å². The molecule has 1 saturated heterocycles. The van der Waals surface area contributed by atoms with Gasteiger partial charge in [0.05, 0.1) is 17.3 Å². The van der Waals surface area contributed by atoms with E-state index in [1.165, 1.54) is 22.9 Å². The summed E-state index contributed by atoms with van der Waals surface area (Å²) in [5.41, 5.74) is 0.346. The number of pyridine rings is 1. The standard InChI is InChI=1S/C30H36FN5O5/c1-3-20(37)7-5-4-6-8-23(34-28(39)24-17-30(41-35-24)11-13-32-14-12-30)29-33-18-26(40-29)21-15-19-9-10-27(38)36(2)25(19)16-22(21)31/h9-10,15-16,18,23,32H,3-8,11-14,17H2,1-2H3,(H,34,39)/t23-/m0/s1. The van der Waals surface area contributed by atoms with Gasteiger partial charge in [0.15, 0.2) is 5.76 Å². The Morgan fingerprint density at radius 1 is 1.20 bits per heavy atom. The van der Waals surface area contributed by atoms with Gasteiger partial charge in [0.1, 0.15) is 29.0 Å². The van der Waals surface area contributed by atoms with Gasteiger partial charge in [0, 0.05) is 45.2 Å². The number of aryl methyl sites for hydroxylation is 1. The maximum atomic E-state index is 15.2. The van der Waals surface area contributed by atoms with Gasteiger partial charge in [-0.1, -0.05) is 24.9 Å². The number of ketones is 1. The average Bonchev–Trinajstić information content (AvgIpc) is 3.62. The number of unbranched alkanes of at least 4 members (excludes halogenated alkanes) is 2. The van der Waals surface area contributed by atoms with Crippen LogP contribution in [0.3, 0.4) is 0 Å². The highest BCUT2D eigenvalue weighted by Crippen LogP contribution is 2.34. The maximum absolute atomic E-state index is 15.2. The number of hydrogen-bond acceptors (Lipinski definition) is 8. The van der Waals surface area contributed by atoms with Crippen LogP contribution in [0.2, 0.25) is 0 Å². The summed E-state index contributed by atoms with van der Waals surface area (Å²) in [6.07, 6.45) is 7.35. The number of carbonyl (C=O) groups excluding carboxylic acids is 2. The van der Waals surface area contributed by atoms with E-state index in [0.717, 1.165) is 45.2 Å². The minimum atomic E-state index is -0.574. The van der Waals surface area contributed by atoms with E-state index in [2.05, 4.69) is 20.8 Å². The van der Waals surface area contributed by atoms with Crippen molar-refractivity contribution in [3.63, 3.8) is 0 Å². The van der Waals surface area contributed by atoms with Crippen molar-refractivity contribution in [3.05, 3.63) is 52.5 Å². The second-order valence-corrected chi connectivity index (χ2v) is 10.9. The molecule has 218 valence electrons. The quantitative estimate of drug-likeness (QED) is 0.332. The van der Waals surface area contributed by atoms with Crippen molar-refractivity contribution in [1.29, 1.82) is 0 Å². The van der Waals surface area contributed by atoms with Crippen LogP contribution in [0.1, 0.15) is 76.6 Å². The van der Waals surface area contributed by atoms with Gasteiger partial charge in [0.25, 0.3) is 11.5 Å². The summed E-state index contributed by atoms with van der Waals surface area (Å²) in [7, 11) is 1.59. The fourth-order valence-electron chi connectivity index (χ4n) is 5.47. The Morgan fingerprint density at radius 3 is 2.78 bits per heavy atom. The minimum absolute atomic E-state index is 0.208. The van der Waals surface area contributed by atoms with Gasteiger partial charge >= 0.3 is 0 Å². The average molecular weight is 566 g/mol. The number of piperidine rings is 1. The molecule has 2 aliphatic heterocycles. The summed E-state index contributed by atoms with van der Waals surface area (Å²) >= 11 is 0. The molecule has 1 aromatic carbocycles. The highest BCUT2D eigenvalue weighted by molar-refractivity contribution is 6.39. The summed E-state index contributed by atoms with van der Waals surface area (Å²) in [6.45, 7) is 3.49. The lowest BCUT2D eigenvalue weighted by atomic mass is 9.87. The van der Waals surface area contributed by atoms with Crippen LogP contribution in [0.25, 0.3) is 22.2 Å². The molecule has 3 aromatic rings. The van der Waals surface area contributed by atoms with Gasteiger partial charge in [-0.15, -0.1) is 0 Å². The van der Waals surface area contributed by atoms with E-state index < -0.39 is 17.5 Å². The number of rotatable bonds is 11. The molecule has 1 atom stereocenters. The second-order valence-electron chi connectivity index (χ2n) is 10.9. The van der Waals surface area contributed by atoms with Crippen molar-refractivity contribution in [2.45, 2.75) is 76.4 Å². The zero-order valence-corrected chi connectivity index (χ0v) is 23.5. The molecule has 2 aliphatic rings. The van der Waals surface area contributed by atoms with E-state index in [-0.39, 0.29) is 34.5 Å². The number of oxazole rings is 1. The van der Waals surface area contributed by atoms with Gasteiger partial charge in [0.2, 0.25) is 5.89 Å². The third-order valence-corrected chi connectivity index (χ3v) is 8.06. The molecule has 2 N–H and O–H groups in total. The molecule has 4 heterocycles. The predicted octanol–water partition coefficient (Wildman–Crippen LogP) is 4.32. The highest BCUT2D eigenvalue weighted by Gasteiger charge is 2.42.